The molecule has 0 radical (unpaired) electrons. The molecule has 1 saturated heterocycles. The number of carbonyl (C=O) groups excluding carboxylic acids is 2. The van der Waals surface area contributed by atoms with E-state index in [1.807, 2.05) is 0 Å². The summed E-state index contributed by atoms with van der Waals surface area (Å²) in [4.78, 5) is 30.2. The summed E-state index contributed by atoms with van der Waals surface area (Å²) in [6.45, 7) is 2.17. The molecule has 1 aromatic carbocycles. The predicted molar refractivity (Wildman–Crippen MR) is 140 cm³/mol. The highest BCUT2D eigenvalue weighted by Crippen LogP contribution is 2.37. The molecular weight excluding hydrogens is 543 g/mol. The number of carbonyl (C=O) groups is 2. The van der Waals surface area contributed by atoms with Crippen LogP contribution in [0.15, 0.2) is 30.5 Å². The molecule has 13 heteroatoms. The van der Waals surface area contributed by atoms with Crippen LogP contribution in [-0.2, 0) is 24.5 Å². The van der Waals surface area contributed by atoms with Gasteiger partial charge in [-0.3, -0.25) is 9.59 Å². The van der Waals surface area contributed by atoms with Crippen molar-refractivity contribution in [2.75, 3.05) is 19.0 Å². The zero-order valence-corrected chi connectivity index (χ0v) is 22.8. The van der Waals surface area contributed by atoms with Gasteiger partial charge in [0, 0.05) is 25.4 Å². The number of rotatable bonds is 7. The summed E-state index contributed by atoms with van der Waals surface area (Å²) >= 11 is 7.18. The number of nitrogens with one attached hydrogen (secondary N) is 2. The Bertz CT molecular complexity index is 1320. The zero-order valence-electron chi connectivity index (χ0n) is 20.4. The molecular formula is C24H28ClFN4O5S2. The first-order valence-corrected chi connectivity index (χ1v) is 14.5. The molecule has 4 rings (SSSR count). The number of amides is 1. The maximum Gasteiger partial charge on any atom is 0.306 e. The van der Waals surface area contributed by atoms with Gasteiger partial charge in [0.25, 0.3) is 10.2 Å². The lowest BCUT2D eigenvalue weighted by molar-refractivity contribution is -0.144. The highest BCUT2D eigenvalue weighted by atomic mass is 35.5. The molecule has 0 spiro atoms. The lowest BCUT2D eigenvalue weighted by atomic mass is 9.87. The highest BCUT2D eigenvalue weighted by molar-refractivity contribution is 7.87. The predicted octanol–water partition coefficient (Wildman–Crippen LogP) is 4.29. The summed E-state index contributed by atoms with van der Waals surface area (Å²) in [6, 6.07) is 2.05. The van der Waals surface area contributed by atoms with Crippen molar-refractivity contribution in [1.82, 2.24) is 14.0 Å². The Morgan fingerprint density at radius 3 is 2.84 bits per heavy atom. The van der Waals surface area contributed by atoms with Crippen LogP contribution in [0.4, 0.5) is 10.1 Å². The highest BCUT2D eigenvalue weighted by Gasteiger charge is 2.41. The molecule has 9 nitrogen and oxygen atoms in total. The van der Waals surface area contributed by atoms with Gasteiger partial charge in [-0.15, -0.1) is 11.3 Å². The lowest BCUT2D eigenvalue weighted by Crippen LogP contribution is -2.55. The minimum Gasteiger partial charge on any atom is -0.466 e. The van der Waals surface area contributed by atoms with Gasteiger partial charge < -0.3 is 10.1 Å². The number of halogens is 2. The van der Waals surface area contributed by atoms with Crippen LogP contribution in [0.2, 0.25) is 5.02 Å². The maximum atomic E-state index is 13.5. The molecule has 0 saturated carbocycles. The molecule has 3 unspecified atom stereocenters. The van der Waals surface area contributed by atoms with Crippen LogP contribution in [-0.4, -0.2) is 49.3 Å². The molecule has 1 aromatic heterocycles. The summed E-state index contributed by atoms with van der Waals surface area (Å²) in [5.41, 5.74) is 1.38. The number of hydrogen-bond acceptors (Lipinski definition) is 7. The van der Waals surface area contributed by atoms with E-state index in [0.717, 1.165) is 40.1 Å². The fourth-order valence-corrected chi connectivity index (χ4v) is 6.98. The molecule has 37 heavy (non-hydrogen) atoms. The van der Waals surface area contributed by atoms with Gasteiger partial charge in [0.1, 0.15) is 16.9 Å². The minimum atomic E-state index is -3.95. The molecule has 1 aliphatic carbocycles. The SMILES string of the molecule is CCOC(=O)CC1CC=C(c2cnc(C3CC(C(=O)Nc4ccc(F)c(Cl)c4)N(C)S(=O)(=O)N3)s2)CC1. The van der Waals surface area contributed by atoms with E-state index in [1.165, 1.54) is 30.5 Å². The Labute approximate surface area is 224 Å². The van der Waals surface area contributed by atoms with Crippen molar-refractivity contribution in [2.24, 2.45) is 5.92 Å². The molecule has 0 bridgehead atoms. The monoisotopic (exact) mass is 570 g/mol. The van der Waals surface area contributed by atoms with E-state index >= 15 is 0 Å². The molecule has 1 aliphatic heterocycles. The fraction of sp³-hybridized carbons (Fsp3) is 0.458. The smallest absolute Gasteiger partial charge is 0.306 e. The van der Waals surface area contributed by atoms with Crippen LogP contribution in [0.3, 0.4) is 0 Å². The first-order valence-electron chi connectivity index (χ1n) is 11.9. The third-order valence-corrected chi connectivity index (χ3v) is 9.55. The summed E-state index contributed by atoms with van der Waals surface area (Å²) in [5, 5.41) is 3.03. The third-order valence-electron chi connectivity index (χ3n) is 6.48. The van der Waals surface area contributed by atoms with E-state index in [4.69, 9.17) is 16.3 Å². The second kappa shape index (κ2) is 11.6. The number of likely N-dealkylation sites (N-methyl/N-ethyl adjacent to an activating group) is 1. The van der Waals surface area contributed by atoms with Gasteiger partial charge in [0.2, 0.25) is 5.91 Å². The minimum absolute atomic E-state index is 0.151. The van der Waals surface area contributed by atoms with Crippen molar-refractivity contribution in [3.63, 3.8) is 0 Å². The Kier molecular flexibility index (Phi) is 8.64. The van der Waals surface area contributed by atoms with E-state index in [9.17, 15) is 22.4 Å². The number of anilines is 1. The van der Waals surface area contributed by atoms with Gasteiger partial charge in [-0.2, -0.15) is 17.4 Å². The molecule has 3 atom stereocenters. The largest absolute Gasteiger partial charge is 0.466 e. The van der Waals surface area contributed by atoms with Crippen molar-refractivity contribution >= 4 is 56.3 Å². The Morgan fingerprint density at radius 2 is 2.16 bits per heavy atom. The number of ether oxygens (including phenoxy) is 1. The van der Waals surface area contributed by atoms with Gasteiger partial charge >= 0.3 is 5.97 Å². The zero-order chi connectivity index (χ0) is 26.7. The number of esters is 1. The normalized spacial score (nSPS) is 23.8. The molecule has 1 fully saturated rings. The molecule has 2 N–H and O–H groups in total. The Morgan fingerprint density at radius 1 is 1.38 bits per heavy atom. The van der Waals surface area contributed by atoms with Crippen molar-refractivity contribution in [2.45, 2.75) is 51.1 Å². The first kappa shape index (κ1) is 27.6. The van der Waals surface area contributed by atoms with Crippen LogP contribution < -0.4 is 10.0 Å². The number of hydrogen-bond donors (Lipinski definition) is 2. The van der Waals surface area contributed by atoms with E-state index in [2.05, 4.69) is 21.1 Å². The number of thiazole rings is 1. The number of nitrogens with zero attached hydrogens (tertiary/aromatic N) is 2. The summed E-state index contributed by atoms with van der Waals surface area (Å²) in [7, 11) is -2.63. The van der Waals surface area contributed by atoms with Crippen molar-refractivity contribution in [1.29, 1.82) is 0 Å². The van der Waals surface area contributed by atoms with Crippen LogP contribution in [0, 0.1) is 11.7 Å². The van der Waals surface area contributed by atoms with E-state index < -0.39 is 34.0 Å². The van der Waals surface area contributed by atoms with Crippen LogP contribution in [0.5, 0.6) is 0 Å². The van der Waals surface area contributed by atoms with Gasteiger partial charge in [-0.1, -0.05) is 17.7 Å². The van der Waals surface area contributed by atoms with Gasteiger partial charge in [0.05, 0.1) is 22.5 Å². The maximum absolute atomic E-state index is 13.5. The molecule has 2 aromatic rings. The average Bonchev–Trinajstić information content (AvgIpc) is 3.34. The molecule has 200 valence electrons. The lowest BCUT2D eigenvalue weighted by Gasteiger charge is -2.35. The molecule has 2 aliphatic rings. The van der Waals surface area contributed by atoms with Crippen molar-refractivity contribution in [3.05, 3.63) is 51.2 Å². The van der Waals surface area contributed by atoms with E-state index in [-0.39, 0.29) is 29.0 Å². The second-order valence-electron chi connectivity index (χ2n) is 9.00. The topological polar surface area (TPSA) is 118 Å². The van der Waals surface area contributed by atoms with Crippen LogP contribution >= 0.6 is 22.9 Å². The molecule has 2 heterocycles. The average molecular weight is 571 g/mol. The summed E-state index contributed by atoms with van der Waals surface area (Å²) in [5.74, 6) is -1.12. The van der Waals surface area contributed by atoms with Crippen molar-refractivity contribution in [3.8, 4) is 0 Å². The number of aromatic nitrogens is 1. The Balaban J connectivity index is 1.45. The quantitative estimate of drug-likeness (QED) is 0.480. The first-order chi connectivity index (χ1) is 17.6. The summed E-state index contributed by atoms with van der Waals surface area (Å²) < 4.78 is 47.7. The third kappa shape index (κ3) is 6.55. The number of allylic oxidation sites excluding steroid dienone is 2. The second-order valence-corrected chi connectivity index (χ2v) is 12.2. The van der Waals surface area contributed by atoms with E-state index in [1.54, 1.807) is 13.1 Å². The standard InChI is InChI=1S/C24H28ClFN4O5S2/c1-3-35-22(31)10-14-4-6-15(7-5-14)21-13-27-24(36-21)19-12-20(30(2)37(33,34)29-19)23(32)28-16-8-9-18(26)17(25)11-16/h6,8-9,11,13-14,19-20,29H,3-5,7,10,12H2,1-2H3,(H,28,32). The van der Waals surface area contributed by atoms with Crippen LogP contribution in [0.25, 0.3) is 5.57 Å². The van der Waals surface area contributed by atoms with Gasteiger partial charge in [-0.05, 0) is 62.3 Å². The number of benzene rings is 1. The van der Waals surface area contributed by atoms with E-state index in [0.29, 0.717) is 18.0 Å². The van der Waals surface area contributed by atoms with Gasteiger partial charge in [-0.25, -0.2) is 9.37 Å². The summed E-state index contributed by atoms with van der Waals surface area (Å²) in [6.07, 6.45) is 6.79. The molecule has 1 amide bonds. The fourth-order valence-electron chi connectivity index (χ4n) is 4.42. The van der Waals surface area contributed by atoms with Gasteiger partial charge in [0.15, 0.2) is 0 Å². The Hall–Kier alpha value is -2.38. The van der Waals surface area contributed by atoms with Crippen molar-refractivity contribution < 1.29 is 27.1 Å². The van der Waals surface area contributed by atoms with Crippen LogP contribution in [0.1, 0.15) is 55.0 Å².